The Labute approximate surface area is 84.5 Å². The predicted molar refractivity (Wildman–Crippen MR) is 53.8 cm³/mol. The Morgan fingerprint density at radius 3 is 2.77 bits per heavy atom. The van der Waals surface area contributed by atoms with Crippen molar-refractivity contribution in [3.05, 3.63) is 40.8 Å². The summed E-state index contributed by atoms with van der Waals surface area (Å²) >= 11 is 3.39. The van der Waals surface area contributed by atoms with E-state index < -0.39 is 0 Å². The van der Waals surface area contributed by atoms with Gasteiger partial charge in [0.25, 0.3) is 0 Å². The van der Waals surface area contributed by atoms with Crippen molar-refractivity contribution >= 4 is 15.9 Å². The number of hydrogen-bond acceptors (Lipinski definition) is 2. The molecule has 2 rings (SSSR count). The molecule has 0 saturated carbocycles. The van der Waals surface area contributed by atoms with E-state index in [1.54, 1.807) is 17.1 Å². The lowest BCUT2D eigenvalue weighted by Gasteiger charge is -2.01. The van der Waals surface area contributed by atoms with Crippen LogP contribution in [0.25, 0.3) is 5.82 Å². The largest absolute Gasteiger partial charge is 0.237 e. The highest BCUT2D eigenvalue weighted by molar-refractivity contribution is 9.10. The molecule has 0 aliphatic carbocycles. The van der Waals surface area contributed by atoms with Gasteiger partial charge in [0.2, 0.25) is 0 Å². The molecule has 0 radical (unpaired) electrons. The zero-order valence-corrected chi connectivity index (χ0v) is 8.69. The molecule has 66 valence electrons. The van der Waals surface area contributed by atoms with E-state index in [4.69, 9.17) is 0 Å². The van der Waals surface area contributed by atoms with Gasteiger partial charge in [0.1, 0.15) is 4.60 Å². The van der Waals surface area contributed by atoms with Crippen LogP contribution in [0.4, 0.5) is 0 Å². The van der Waals surface area contributed by atoms with Crippen molar-refractivity contribution in [2.45, 2.75) is 6.92 Å². The van der Waals surface area contributed by atoms with Crippen molar-refractivity contribution in [2.24, 2.45) is 0 Å². The Morgan fingerprint density at radius 1 is 1.31 bits per heavy atom. The lowest BCUT2D eigenvalue weighted by atomic mass is 10.3. The number of aryl methyl sites for hydroxylation is 1. The zero-order valence-electron chi connectivity index (χ0n) is 7.11. The standard InChI is InChI=1S/C9H8BrN3/c1-7-2-4-11-9(6-7)13-8(10)3-5-12-13/h2-6H,1H3. The SMILES string of the molecule is Cc1ccnc(-n2nccc2Br)c1. The first-order valence-corrected chi connectivity index (χ1v) is 4.69. The summed E-state index contributed by atoms with van der Waals surface area (Å²) in [6.45, 7) is 2.03. The normalized spacial score (nSPS) is 10.3. The lowest BCUT2D eigenvalue weighted by molar-refractivity contribution is 0.827. The van der Waals surface area contributed by atoms with E-state index in [9.17, 15) is 0 Å². The smallest absolute Gasteiger partial charge is 0.154 e. The van der Waals surface area contributed by atoms with Crippen LogP contribution in [-0.2, 0) is 0 Å². The second kappa shape index (κ2) is 3.30. The van der Waals surface area contributed by atoms with E-state index in [-0.39, 0.29) is 0 Å². The number of hydrogen-bond donors (Lipinski definition) is 0. The summed E-state index contributed by atoms with van der Waals surface area (Å²) in [7, 11) is 0. The maximum Gasteiger partial charge on any atom is 0.154 e. The maximum absolute atomic E-state index is 4.21. The molecule has 0 unspecified atom stereocenters. The molecule has 0 atom stereocenters. The van der Waals surface area contributed by atoms with Gasteiger partial charge in [-0.25, -0.2) is 9.67 Å². The molecule has 0 aliphatic rings. The number of halogens is 1. The van der Waals surface area contributed by atoms with Crippen molar-refractivity contribution in [1.82, 2.24) is 14.8 Å². The fourth-order valence-electron chi connectivity index (χ4n) is 1.09. The van der Waals surface area contributed by atoms with Gasteiger partial charge in [0, 0.05) is 6.20 Å². The zero-order chi connectivity index (χ0) is 9.26. The first kappa shape index (κ1) is 8.44. The molecular weight excluding hydrogens is 230 g/mol. The third-order valence-electron chi connectivity index (χ3n) is 1.71. The molecule has 0 saturated heterocycles. The van der Waals surface area contributed by atoms with Crippen molar-refractivity contribution < 1.29 is 0 Å². The van der Waals surface area contributed by atoms with Crippen molar-refractivity contribution in [3.8, 4) is 5.82 Å². The van der Waals surface area contributed by atoms with Crippen LogP contribution in [0.1, 0.15) is 5.56 Å². The lowest BCUT2D eigenvalue weighted by Crippen LogP contribution is -1.99. The second-order valence-corrected chi connectivity index (χ2v) is 3.57. The molecule has 2 aromatic heterocycles. The topological polar surface area (TPSA) is 30.7 Å². The summed E-state index contributed by atoms with van der Waals surface area (Å²) in [6, 6.07) is 5.82. The Kier molecular flexibility index (Phi) is 2.14. The molecule has 4 heteroatoms. The molecule has 0 aromatic carbocycles. The summed E-state index contributed by atoms with van der Waals surface area (Å²) in [5.41, 5.74) is 1.17. The van der Waals surface area contributed by atoms with Crippen LogP contribution in [0.2, 0.25) is 0 Å². The van der Waals surface area contributed by atoms with E-state index in [1.165, 1.54) is 5.56 Å². The van der Waals surface area contributed by atoms with Gasteiger partial charge in [-0.3, -0.25) is 0 Å². The first-order valence-electron chi connectivity index (χ1n) is 3.90. The summed E-state index contributed by atoms with van der Waals surface area (Å²) in [4.78, 5) is 4.21. The fourth-order valence-corrected chi connectivity index (χ4v) is 1.48. The third kappa shape index (κ3) is 1.62. The minimum Gasteiger partial charge on any atom is -0.237 e. The molecule has 3 nitrogen and oxygen atoms in total. The molecule has 0 aliphatic heterocycles. The molecular formula is C9H8BrN3. The van der Waals surface area contributed by atoms with Gasteiger partial charge in [-0.05, 0) is 46.6 Å². The Morgan fingerprint density at radius 2 is 2.15 bits per heavy atom. The van der Waals surface area contributed by atoms with Crippen LogP contribution in [-0.4, -0.2) is 14.8 Å². The Hall–Kier alpha value is -1.16. The monoisotopic (exact) mass is 237 g/mol. The number of rotatable bonds is 1. The van der Waals surface area contributed by atoms with Crippen LogP contribution >= 0.6 is 15.9 Å². The molecule has 0 bridgehead atoms. The fraction of sp³-hybridized carbons (Fsp3) is 0.111. The maximum atomic E-state index is 4.21. The van der Waals surface area contributed by atoms with Gasteiger partial charge < -0.3 is 0 Å². The minimum atomic E-state index is 0.830. The first-order chi connectivity index (χ1) is 6.27. The molecule has 0 fully saturated rings. The summed E-state index contributed by atoms with van der Waals surface area (Å²) in [6.07, 6.45) is 3.51. The van der Waals surface area contributed by atoms with E-state index in [2.05, 4.69) is 26.0 Å². The quantitative estimate of drug-likeness (QED) is 0.763. The molecule has 0 N–H and O–H groups in total. The van der Waals surface area contributed by atoms with Crippen molar-refractivity contribution in [2.75, 3.05) is 0 Å². The molecule has 2 heterocycles. The second-order valence-electron chi connectivity index (χ2n) is 2.76. The van der Waals surface area contributed by atoms with Crippen molar-refractivity contribution in [3.63, 3.8) is 0 Å². The third-order valence-corrected chi connectivity index (χ3v) is 2.31. The van der Waals surface area contributed by atoms with Crippen LogP contribution in [0.3, 0.4) is 0 Å². The number of pyridine rings is 1. The van der Waals surface area contributed by atoms with E-state index in [0.717, 1.165) is 10.4 Å². The highest BCUT2D eigenvalue weighted by atomic mass is 79.9. The highest BCUT2D eigenvalue weighted by Crippen LogP contribution is 2.13. The summed E-state index contributed by atoms with van der Waals surface area (Å²) < 4.78 is 2.65. The van der Waals surface area contributed by atoms with Crippen LogP contribution in [0, 0.1) is 6.92 Å². The summed E-state index contributed by atoms with van der Waals surface area (Å²) in [5, 5.41) is 4.13. The van der Waals surface area contributed by atoms with Crippen LogP contribution < -0.4 is 0 Å². The van der Waals surface area contributed by atoms with Gasteiger partial charge in [-0.1, -0.05) is 0 Å². The summed E-state index contributed by atoms with van der Waals surface area (Å²) in [5.74, 6) is 0.830. The average molecular weight is 238 g/mol. The molecule has 13 heavy (non-hydrogen) atoms. The van der Waals surface area contributed by atoms with Gasteiger partial charge in [-0.2, -0.15) is 5.10 Å². The Balaban J connectivity index is 2.53. The van der Waals surface area contributed by atoms with Gasteiger partial charge in [-0.15, -0.1) is 0 Å². The van der Waals surface area contributed by atoms with E-state index in [0.29, 0.717) is 0 Å². The van der Waals surface area contributed by atoms with Crippen molar-refractivity contribution in [1.29, 1.82) is 0 Å². The highest BCUT2D eigenvalue weighted by Gasteiger charge is 2.01. The molecule has 2 aromatic rings. The molecule has 0 amide bonds. The Bertz CT molecular complexity index is 422. The van der Waals surface area contributed by atoms with Crippen LogP contribution in [0.15, 0.2) is 35.2 Å². The average Bonchev–Trinajstić information content (AvgIpc) is 2.51. The van der Waals surface area contributed by atoms with Gasteiger partial charge in [0.05, 0.1) is 6.20 Å². The molecule has 0 spiro atoms. The number of aromatic nitrogens is 3. The predicted octanol–water partition coefficient (Wildman–Crippen LogP) is 2.34. The van der Waals surface area contributed by atoms with Gasteiger partial charge >= 0.3 is 0 Å². The van der Waals surface area contributed by atoms with E-state index >= 15 is 0 Å². The van der Waals surface area contributed by atoms with Gasteiger partial charge in [0.15, 0.2) is 5.82 Å². The van der Waals surface area contributed by atoms with E-state index in [1.807, 2.05) is 25.1 Å². The number of nitrogens with zero attached hydrogens (tertiary/aromatic N) is 3. The minimum absolute atomic E-state index is 0.830. The van der Waals surface area contributed by atoms with Crippen LogP contribution in [0.5, 0.6) is 0 Å².